The van der Waals surface area contributed by atoms with E-state index in [1.165, 1.54) is 12.3 Å². The number of piperazine rings is 1. The van der Waals surface area contributed by atoms with Crippen molar-refractivity contribution in [1.29, 1.82) is 0 Å². The molecular weight excluding hydrogens is 251 g/mol. The van der Waals surface area contributed by atoms with Crippen LogP contribution in [0.15, 0.2) is 12.3 Å². The zero-order chi connectivity index (χ0) is 13.8. The van der Waals surface area contributed by atoms with Gasteiger partial charge in [0.05, 0.1) is 12.2 Å². The van der Waals surface area contributed by atoms with E-state index in [0.29, 0.717) is 32.7 Å². The van der Waals surface area contributed by atoms with Crippen molar-refractivity contribution in [1.82, 2.24) is 14.8 Å². The van der Waals surface area contributed by atoms with Crippen LogP contribution < -0.4 is 5.73 Å². The van der Waals surface area contributed by atoms with E-state index in [0.717, 1.165) is 0 Å². The fraction of sp³-hybridized carbons (Fsp3) is 0.500. The molecule has 0 saturated carbocycles. The number of pyridine rings is 1. The molecule has 1 aromatic heterocycles. The maximum atomic E-state index is 13.7. The standard InChI is InChI=1S/C12H17FN4O2/c13-10-9(1-2-15-11(10)14)12(19)17-5-3-16(4-6-17)7-8-18/h1-2,18H,3-8H2,(H2,14,15). The van der Waals surface area contributed by atoms with E-state index in [1.807, 2.05) is 0 Å². The minimum Gasteiger partial charge on any atom is -0.395 e. The highest BCUT2D eigenvalue weighted by Gasteiger charge is 2.24. The minimum atomic E-state index is -0.759. The average molecular weight is 268 g/mol. The van der Waals surface area contributed by atoms with Crippen molar-refractivity contribution in [3.05, 3.63) is 23.6 Å². The molecule has 0 bridgehead atoms. The topological polar surface area (TPSA) is 82.7 Å². The van der Waals surface area contributed by atoms with Crippen LogP contribution in [-0.2, 0) is 0 Å². The Kier molecular flexibility index (Phi) is 4.28. The van der Waals surface area contributed by atoms with Gasteiger partial charge in [0.1, 0.15) is 0 Å². The molecule has 3 N–H and O–H groups in total. The Morgan fingerprint density at radius 1 is 1.42 bits per heavy atom. The molecule has 2 heterocycles. The second-order valence-electron chi connectivity index (χ2n) is 4.42. The predicted molar refractivity (Wildman–Crippen MR) is 68.0 cm³/mol. The second kappa shape index (κ2) is 5.94. The first kappa shape index (κ1) is 13.7. The fourth-order valence-electron chi connectivity index (χ4n) is 2.11. The molecule has 19 heavy (non-hydrogen) atoms. The summed E-state index contributed by atoms with van der Waals surface area (Å²) in [7, 11) is 0. The van der Waals surface area contributed by atoms with Gasteiger partial charge in [-0.25, -0.2) is 9.37 Å². The molecule has 0 aromatic carbocycles. The molecule has 0 radical (unpaired) electrons. The first-order valence-corrected chi connectivity index (χ1v) is 6.16. The van der Waals surface area contributed by atoms with Crippen molar-refractivity contribution in [3.63, 3.8) is 0 Å². The number of nitrogens with zero attached hydrogens (tertiary/aromatic N) is 3. The van der Waals surface area contributed by atoms with E-state index >= 15 is 0 Å². The number of β-amino-alcohol motifs (C(OH)–C–C–N with tert-alkyl or cyclic N) is 1. The molecular formula is C12H17FN4O2. The molecule has 1 fully saturated rings. The Balaban J connectivity index is 2.03. The molecule has 7 heteroatoms. The average Bonchev–Trinajstić information content (AvgIpc) is 2.42. The SMILES string of the molecule is Nc1nccc(C(=O)N2CCN(CCO)CC2)c1F. The first-order valence-electron chi connectivity index (χ1n) is 6.16. The third-order valence-electron chi connectivity index (χ3n) is 3.22. The van der Waals surface area contributed by atoms with Crippen molar-refractivity contribution >= 4 is 11.7 Å². The highest BCUT2D eigenvalue weighted by Crippen LogP contribution is 2.15. The number of aliphatic hydroxyl groups excluding tert-OH is 1. The lowest BCUT2D eigenvalue weighted by Gasteiger charge is -2.34. The number of hydrogen-bond donors (Lipinski definition) is 2. The number of nitrogens with two attached hydrogens (primary N) is 1. The number of halogens is 1. The molecule has 0 unspecified atom stereocenters. The summed E-state index contributed by atoms with van der Waals surface area (Å²) in [6.07, 6.45) is 1.33. The summed E-state index contributed by atoms with van der Waals surface area (Å²) in [5.74, 6) is -1.38. The normalized spacial score (nSPS) is 16.6. The first-order chi connectivity index (χ1) is 9.13. The Morgan fingerprint density at radius 3 is 2.74 bits per heavy atom. The number of carbonyl (C=O) groups excluding carboxylic acids is 1. The van der Waals surface area contributed by atoms with Gasteiger partial charge in [-0.1, -0.05) is 0 Å². The molecule has 6 nitrogen and oxygen atoms in total. The van der Waals surface area contributed by atoms with Gasteiger partial charge >= 0.3 is 0 Å². The third-order valence-corrected chi connectivity index (χ3v) is 3.22. The van der Waals surface area contributed by atoms with Gasteiger partial charge in [0.15, 0.2) is 11.6 Å². The van der Waals surface area contributed by atoms with Crippen molar-refractivity contribution in [2.75, 3.05) is 45.1 Å². The molecule has 1 aromatic rings. The summed E-state index contributed by atoms with van der Waals surface area (Å²) in [6, 6.07) is 1.34. The summed E-state index contributed by atoms with van der Waals surface area (Å²) in [5, 5.41) is 8.85. The van der Waals surface area contributed by atoms with Crippen LogP contribution in [-0.4, -0.2) is 65.1 Å². The molecule has 0 aliphatic carbocycles. The Hall–Kier alpha value is -1.73. The van der Waals surface area contributed by atoms with Crippen molar-refractivity contribution in [2.24, 2.45) is 0 Å². The van der Waals surface area contributed by atoms with Crippen LogP contribution in [0.25, 0.3) is 0 Å². The van der Waals surface area contributed by atoms with Crippen molar-refractivity contribution in [3.8, 4) is 0 Å². The minimum absolute atomic E-state index is 0.0388. The lowest BCUT2D eigenvalue weighted by Crippen LogP contribution is -2.49. The Labute approximate surface area is 110 Å². The van der Waals surface area contributed by atoms with Crippen LogP contribution in [0.5, 0.6) is 0 Å². The number of carbonyl (C=O) groups is 1. The van der Waals surface area contributed by atoms with Crippen molar-refractivity contribution < 1.29 is 14.3 Å². The van der Waals surface area contributed by atoms with E-state index in [1.54, 1.807) is 4.90 Å². The molecule has 0 atom stereocenters. The highest BCUT2D eigenvalue weighted by atomic mass is 19.1. The van der Waals surface area contributed by atoms with E-state index in [2.05, 4.69) is 9.88 Å². The third kappa shape index (κ3) is 2.99. The highest BCUT2D eigenvalue weighted by molar-refractivity contribution is 5.95. The second-order valence-corrected chi connectivity index (χ2v) is 4.42. The van der Waals surface area contributed by atoms with Gasteiger partial charge in [0, 0.05) is 38.9 Å². The van der Waals surface area contributed by atoms with Crippen LogP contribution in [0.2, 0.25) is 0 Å². The number of hydrogen-bond acceptors (Lipinski definition) is 5. The monoisotopic (exact) mass is 268 g/mol. The largest absolute Gasteiger partial charge is 0.395 e. The zero-order valence-electron chi connectivity index (χ0n) is 10.5. The molecule has 1 aliphatic heterocycles. The predicted octanol–water partition coefficient (Wildman–Crippen LogP) is -0.447. The summed E-state index contributed by atoms with van der Waals surface area (Å²) in [6.45, 7) is 3.08. The maximum absolute atomic E-state index is 13.7. The maximum Gasteiger partial charge on any atom is 0.257 e. The van der Waals surface area contributed by atoms with Crippen LogP contribution in [0.4, 0.5) is 10.2 Å². The summed E-state index contributed by atoms with van der Waals surface area (Å²) in [5.41, 5.74) is 5.32. The number of aromatic nitrogens is 1. The van der Waals surface area contributed by atoms with Crippen LogP contribution in [0, 0.1) is 5.82 Å². The van der Waals surface area contributed by atoms with Gasteiger partial charge in [-0.15, -0.1) is 0 Å². The van der Waals surface area contributed by atoms with Crippen molar-refractivity contribution in [2.45, 2.75) is 0 Å². The number of nitrogen functional groups attached to an aromatic ring is 1. The van der Waals surface area contributed by atoms with Gasteiger partial charge in [-0.05, 0) is 6.07 Å². The quantitative estimate of drug-likeness (QED) is 0.776. The molecule has 2 rings (SSSR count). The van der Waals surface area contributed by atoms with Crippen LogP contribution >= 0.6 is 0 Å². The van der Waals surface area contributed by atoms with Gasteiger partial charge in [0.25, 0.3) is 5.91 Å². The molecule has 0 spiro atoms. The number of aliphatic hydroxyl groups is 1. The van der Waals surface area contributed by atoms with E-state index in [4.69, 9.17) is 10.8 Å². The summed E-state index contributed by atoms with van der Waals surface area (Å²) >= 11 is 0. The zero-order valence-corrected chi connectivity index (χ0v) is 10.5. The van der Waals surface area contributed by atoms with Gasteiger partial charge in [-0.2, -0.15) is 0 Å². The van der Waals surface area contributed by atoms with Crippen LogP contribution in [0.1, 0.15) is 10.4 Å². The Bertz CT molecular complexity index is 461. The van der Waals surface area contributed by atoms with E-state index in [9.17, 15) is 9.18 Å². The molecule has 104 valence electrons. The Morgan fingerprint density at radius 2 is 2.11 bits per heavy atom. The van der Waals surface area contributed by atoms with Gasteiger partial charge in [-0.3, -0.25) is 9.69 Å². The summed E-state index contributed by atoms with van der Waals surface area (Å²) in [4.78, 5) is 19.4. The lowest BCUT2D eigenvalue weighted by molar-refractivity contribution is 0.0610. The van der Waals surface area contributed by atoms with Gasteiger partial charge in [0.2, 0.25) is 0 Å². The lowest BCUT2D eigenvalue weighted by atomic mass is 10.2. The summed E-state index contributed by atoms with van der Waals surface area (Å²) < 4.78 is 13.7. The van der Waals surface area contributed by atoms with E-state index in [-0.39, 0.29) is 23.9 Å². The fourth-order valence-corrected chi connectivity index (χ4v) is 2.11. The number of rotatable bonds is 3. The smallest absolute Gasteiger partial charge is 0.257 e. The number of anilines is 1. The molecule has 1 saturated heterocycles. The van der Waals surface area contributed by atoms with Crippen LogP contribution in [0.3, 0.4) is 0 Å². The number of amides is 1. The molecule has 1 amide bonds. The van der Waals surface area contributed by atoms with E-state index < -0.39 is 5.82 Å². The molecule has 1 aliphatic rings. The van der Waals surface area contributed by atoms with Gasteiger partial charge < -0.3 is 15.7 Å².